The molecular weight excluding hydrogens is 258 g/mol. The number of rotatable bonds is 4. The molecule has 0 spiro atoms. The van der Waals surface area contributed by atoms with E-state index < -0.39 is 0 Å². The van der Waals surface area contributed by atoms with Crippen LogP contribution < -0.4 is 5.32 Å². The van der Waals surface area contributed by atoms with Crippen LogP contribution in [0.3, 0.4) is 0 Å². The van der Waals surface area contributed by atoms with Crippen molar-refractivity contribution in [1.29, 1.82) is 0 Å². The molecule has 5 heteroatoms. The molecule has 2 aromatic rings. The first-order valence-corrected chi connectivity index (χ1v) is 7.54. The highest BCUT2D eigenvalue weighted by atomic mass is 32.1. The van der Waals surface area contributed by atoms with E-state index in [4.69, 9.17) is 0 Å². The Morgan fingerprint density at radius 1 is 1.58 bits per heavy atom. The largest absolute Gasteiger partial charge is 0.355 e. The second-order valence-electron chi connectivity index (χ2n) is 4.86. The van der Waals surface area contributed by atoms with Gasteiger partial charge in [0.25, 0.3) is 0 Å². The number of aromatic nitrogens is 2. The van der Waals surface area contributed by atoms with Crippen LogP contribution in [0.5, 0.6) is 0 Å². The summed E-state index contributed by atoms with van der Waals surface area (Å²) in [7, 11) is 0. The molecule has 3 rings (SSSR count). The molecule has 19 heavy (non-hydrogen) atoms. The van der Waals surface area contributed by atoms with Gasteiger partial charge >= 0.3 is 0 Å². The fourth-order valence-electron chi connectivity index (χ4n) is 2.62. The van der Waals surface area contributed by atoms with Crippen molar-refractivity contribution in [2.24, 2.45) is 0 Å². The van der Waals surface area contributed by atoms with Crippen molar-refractivity contribution in [3.05, 3.63) is 40.1 Å². The number of hydrogen-bond donors (Lipinski definition) is 2. The van der Waals surface area contributed by atoms with Gasteiger partial charge in [0.15, 0.2) is 0 Å². The Balaban J connectivity index is 1.57. The number of H-pyrrole nitrogens is 1. The second-order valence-corrected chi connectivity index (χ2v) is 5.86. The van der Waals surface area contributed by atoms with Crippen LogP contribution >= 0.6 is 11.3 Å². The number of fused-ring (bicyclic) bond motifs is 1. The quantitative estimate of drug-likeness (QED) is 0.899. The molecule has 0 bridgehead atoms. The molecule has 0 saturated carbocycles. The van der Waals surface area contributed by atoms with Crippen molar-refractivity contribution in [3.8, 4) is 0 Å². The van der Waals surface area contributed by atoms with Crippen LogP contribution in [0.15, 0.2) is 24.0 Å². The van der Waals surface area contributed by atoms with Gasteiger partial charge in [-0.2, -0.15) is 0 Å². The van der Waals surface area contributed by atoms with Crippen molar-refractivity contribution in [3.63, 3.8) is 0 Å². The summed E-state index contributed by atoms with van der Waals surface area (Å²) in [5.74, 6) is 0.218. The van der Waals surface area contributed by atoms with Crippen molar-refractivity contribution in [1.82, 2.24) is 15.3 Å². The van der Waals surface area contributed by atoms with Crippen LogP contribution in [0.1, 0.15) is 34.9 Å². The topological polar surface area (TPSA) is 57.8 Å². The number of aromatic amines is 1. The van der Waals surface area contributed by atoms with Crippen molar-refractivity contribution in [2.75, 3.05) is 6.54 Å². The average Bonchev–Trinajstić information content (AvgIpc) is 3.08. The van der Waals surface area contributed by atoms with Crippen molar-refractivity contribution < 1.29 is 4.79 Å². The molecule has 1 aliphatic carbocycles. The van der Waals surface area contributed by atoms with E-state index in [1.54, 1.807) is 23.9 Å². The highest BCUT2D eigenvalue weighted by Crippen LogP contribution is 2.34. The van der Waals surface area contributed by atoms with Gasteiger partial charge in [0.2, 0.25) is 5.91 Å². The van der Waals surface area contributed by atoms with E-state index in [-0.39, 0.29) is 11.8 Å². The van der Waals surface area contributed by atoms with Gasteiger partial charge < -0.3 is 10.3 Å². The molecule has 100 valence electrons. The lowest BCUT2D eigenvalue weighted by Gasteiger charge is -2.21. The van der Waals surface area contributed by atoms with Gasteiger partial charge in [0.05, 0.1) is 12.2 Å². The van der Waals surface area contributed by atoms with E-state index in [0.29, 0.717) is 6.54 Å². The summed E-state index contributed by atoms with van der Waals surface area (Å²) < 4.78 is 0. The minimum absolute atomic E-state index is 0.0526. The summed E-state index contributed by atoms with van der Waals surface area (Å²) in [6, 6.07) is 2.11. The summed E-state index contributed by atoms with van der Waals surface area (Å²) in [5.41, 5.74) is 2.30. The Kier molecular flexibility index (Phi) is 3.64. The second kappa shape index (κ2) is 5.57. The van der Waals surface area contributed by atoms with E-state index in [0.717, 1.165) is 31.4 Å². The monoisotopic (exact) mass is 275 g/mol. The van der Waals surface area contributed by atoms with Crippen LogP contribution in [0, 0.1) is 0 Å². The lowest BCUT2D eigenvalue weighted by Crippen LogP contribution is -2.32. The first-order chi connectivity index (χ1) is 9.34. The molecule has 0 saturated heterocycles. The highest BCUT2D eigenvalue weighted by Gasteiger charge is 2.26. The van der Waals surface area contributed by atoms with E-state index in [1.807, 2.05) is 0 Å². The summed E-state index contributed by atoms with van der Waals surface area (Å²) in [6.45, 7) is 0.664. The van der Waals surface area contributed by atoms with Crippen LogP contribution in [-0.4, -0.2) is 22.4 Å². The van der Waals surface area contributed by atoms with E-state index >= 15 is 0 Å². The Bertz CT molecular complexity index is 547. The zero-order chi connectivity index (χ0) is 13.1. The fraction of sp³-hybridized carbons (Fsp3) is 0.429. The molecule has 1 unspecified atom stereocenters. The number of imidazole rings is 1. The zero-order valence-electron chi connectivity index (χ0n) is 10.7. The first kappa shape index (κ1) is 12.4. The standard InChI is InChI=1S/C14H17N3OS/c18-14(16-6-4-10-8-15-9-17-10)12-2-1-3-13-11(12)5-7-19-13/h5,7-9,12H,1-4,6H2,(H,15,17)(H,16,18). The molecule has 2 N–H and O–H groups in total. The molecule has 1 atom stereocenters. The number of nitrogens with one attached hydrogen (secondary N) is 2. The van der Waals surface area contributed by atoms with E-state index in [2.05, 4.69) is 26.7 Å². The predicted molar refractivity (Wildman–Crippen MR) is 75.3 cm³/mol. The van der Waals surface area contributed by atoms with Gasteiger partial charge in [0.1, 0.15) is 0 Å². The summed E-state index contributed by atoms with van der Waals surface area (Å²) >= 11 is 1.78. The Labute approximate surface area is 116 Å². The SMILES string of the molecule is O=C(NCCc1cnc[nH]1)C1CCCc2sccc21. The number of amides is 1. The maximum absolute atomic E-state index is 12.3. The van der Waals surface area contributed by atoms with E-state index in [1.165, 1.54) is 10.4 Å². The molecule has 2 aromatic heterocycles. The molecule has 0 aromatic carbocycles. The van der Waals surface area contributed by atoms with Crippen molar-refractivity contribution >= 4 is 17.2 Å². The molecule has 0 aliphatic heterocycles. The zero-order valence-corrected chi connectivity index (χ0v) is 11.5. The number of nitrogens with zero attached hydrogens (tertiary/aromatic N) is 1. The maximum Gasteiger partial charge on any atom is 0.227 e. The minimum Gasteiger partial charge on any atom is -0.355 e. The number of thiophene rings is 1. The molecule has 1 aliphatic rings. The van der Waals surface area contributed by atoms with E-state index in [9.17, 15) is 4.79 Å². The van der Waals surface area contributed by atoms with Gasteiger partial charge in [-0.15, -0.1) is 11.3 Å². The first-order valence-electron chi connectivity index (χ1n) is 6.66. The smallest absolute Gasteiger partial charge is 0.227 e. The lowest BCUT2D eigenvalue weighted by molar-refractivity contribution is -0.122. The minimum atomic E-state index is 0.0526. The fourth-order valence-corrected chi connectivity index (χ4v) is 3.61. The highest BCUT2D eigenvalue weighted by molar-refractivity contribution is 7.10. The predicted octanol–water partition coefficient (Wildman–Crippen LogP) is 2.25. The molecule has 2 heterocycles. The van der Waals surface area contributed by atoms with Gasteiger partial charge in [-0.3, -0.25) is 4.79 Å². The number of carbonyl (C=O) groups is 1. The maximum atomic E-state index is 12.3. The summed E-state index contributed by atoms with van der Waals surface area (Å²) in [5, 5.41) is 5.14. The molecular formula is C14H17N3OS. The third-order valence-electron chi connectivity index (χ3n) is 3.62. The molecule has 0 fully saturated rings. The Hall–Kier alpha value is -1.62. The van der Waals surface area contributed by atoms with Gasteiger partial charge in [-0.25, -0.2) is 4.98 Å². The van der Waals surface area contributed by atoms with Crippen LogP contribution in [0.2, 0.25) is 0 Å². The molecule has 4 nitrogen and oxygen atoms in total. The van der Waals surface area contributed by atoms with Gasteiger partial charge in [-0.05, 0) is 36.3 Å². The molecule has 1 amide bonds. The average molecular weight is 275 g/mol. The number of hydrogen-bond acceptors (Lipinski definition) is 3. The lowest BCUT2D eigenvalue weighted by atomic mass is 9.87. The number of carbonyl (C=O) groups excluding carboxylic acids is 1. The van der Waals surface area contributed by atoms with Crippen LogP contribution in [0.4, 0.5) is 0 Å². The van der Waals surface area contributed by atoms with Crippen LogP contribution in [0.25, 0.3) is 0 Å². The normalized spacial score (nSPS) is 18.0. The van der Waals surface area contributed by atoms with Gasteiger partial charge in [-0.1, -0.05) is 0 Å². The number of aryl methyl sites for hydroxylation is 1. The summed E-state index contributed by atoms with van der Waals surface area (Å²) in [6.07, 6.45) is 7.48. The van der Waals surface area contributed by atoms with Gasteiger partial charge in [0, 0.05) is 29.7 Å². The third kappa shape index (κ3) is 2.71. The molecule has 0 radical (unpaired) electrons. The Morgan fingerprint density at radius 2 is 2.53 bits per heavy atom. The van der Waals surface area contributed by atoms with Crippen molar-refractivity contribution in [2.45, 2.75) is 31.6 Å². The Morgan fingerprint density at radius 3 is 3.37 bits per heavy atom. The van der Waals surface area contributed by atoms with Crippen LogP contribution in [-0.2, 0) is 17.6 Å². The third-order valence-corrected chi connectivity index (χ3v) is 4.61. The summed E-state index contributed by atoms with van der Waals surface area (Å²) in [4.78, 5) is 20.7.